The van der Waals surface area contributed by atoms with Gasteiger partial charge in [-0.15, -0.1) is 35.7 Å². The van der Waals surface area contributed by atoms with Crippen molar-refractivity contribution in [3.05, 3.63) is 46.7 Å². The summed E-state index contributed by atoms with van der Waals surface area (Å²) >= 11 is 7.65. The third-order valence-corrected chi connectivity index (χ3v) is 5.38. The first-order valence-electron chi connectivity index (χ1n) is 9.51. The highest BCUT2D eigenvalue weighted by molar-refractivity contribution is 14.0. The molecule has 7 nitrogen and oxygen atoms in total. The summed E-state index contributed by atoms with van der Waals surface area (Å²) in [6.45, 7) is 3.49. The van der Waals surface area contributed by atoms with Crippen LogP contribution in [-0.2, 0) is 24.8 Å². The summed E-state index contributed by atoms with van der Waals surface area (Å²) in [5.41, 5.74) is 2.13. The van der Waals surface area contributed by atoms with E-state index in [1.54, 1.807) is 30.8 Å². The molecule has 0 unspecified atom stereocenters. The zero-order chi connectivity index (χ0) is 21.2. The lowest BCUT2D eigenvalue weighted by Crippen LogP contribution is -2.43. The van der Waals surface area contributed by atoms with E-state index in [9.17, 15) is 4.79 Å². The fourth-order valence-electron chi connectivity index (χ4n) is 2.54. The van der Waals surface area contributed by atoms with Crippen LogP contribution < -0.4 is 10.6 Å². The van der Waals surface area contributed by atoms with E-state index in [4.69, 9.17) is 11.6 Å². The van der Waals surface area contributed by atoms with Gasteiger partial charge >= 0.3 is 0 Å². The summed E-state index contributed by atoms with van der Waals surface area (Å²) in [6, 6.07) is 7.78. The van der Waals surface area contributed by atoms with E-state index in [0.29, 0.717) is 19.0 Å². The monoisotopic (exact) mass is 564 g/mol. The summed E-state index contributed by atoms with van der Waals surface area (Å²) in [5, 5.41) is 11.6. The number of rotatable bonds is 9. The van der Waals surface area contributed by atoms with E-state index in [0.717, 1.165) is 33.3 Å². The molecule has 0 bridgehead atoms. The predicted octanol–water partition coefficient (Wildman–Crippen LogP) is 3.17. The molecule has 1 aromatic heterocycles. The van der Waals surface area contributed by atoms with Crippen LogP contribution in [0.4, 0.5) is 0 Å². The molecular formula is C20H30ClIN6OS. The van der Waals surface area contributed by atoms with E-state index in [1.807, 2.05) is 42.2 Å². The number of hydrogen-bond acceptors (Lipinski definition) is 4. The van der Waals surface area contributed by atoms with Gasteiger partial charge in [-0.05, 0) is 30.7 Å². The molecule has 0 aliphatic rings. The van der Waals surface area contributed by atoms with E-state index in [1.165, 1.54) is 0 Å². The average Bonchev–Trinajstić information content (AvgIpc) is 3.07. The maximum absolute atomic E-state index is 11.9. The first-order valence-corrected chi connectivity index (χ1v) is 10.9. The number of aliphatic imine (C=N–C) groups is 1. The lowest BCUT2D eigenvalue weighted by molar-refractivity contribution is -0.127. The number of hydrogen-bond donors (Lipinski definition) is 2. The topological polar surface area (TPSA) is 74.5 Å². The number of carbonyl (C=O) groups excluding carboxylic acids is 1. The molecule has 0 radical (unpaired) electrons. The molecule has 10 heteroatoms. The van der Waals surface area contributed by atoms with Crippen molar-refractivity contribution < 1.29 is 4.79 Å². The standard InChI is InChI=1S/C20H29ClN6OS.HI/c1-5-18-15(14-27(4)25-18)12-23-20(24-13-19(28)26(2)3)22-10-11-29-17-8-6-16(21)7-9-17;/h6-9,14H,5,10-13H2,1-4H3,(H2,22,23,24);1H. The number of nitrogens with zero attached hydrogens (tertiary/aromatic N) is 4. The Hall–Kier alpha value is -1.46. The normalized spacial score (nSPS) is 11.0. The Bertz CT molecular complexity index is 825. The van der Waals surface area contributed by atoms with Gasteiger partial charge in [0.25, 0.3) is 0 Å². The minimum absolute atomic E-state index is 0. The molecule has 1 amide bonds. The largest absolute Gasteiger partial charge is 0.356 e. The second-order valence-electron chi connectivity index (χ2n) is 6.66. The van der Waals surface area contributed by atoms with Crippen molar-refractivity contribution in [1.82, 2.24) is 25.3 Å². The Morgan fingerprint density at radius 3 is 2.60 bits per heavy atom. The second kappa shape index (κ2) is 13.8. The smallest absolute Gasteiger partial charge is 0.241 e. The van der Waals surface area contributed by atoms with Crippen LogP contribution in [0.3, 0.4) is 0 Å². The fraction of sp³-hybridized carbons (Fsp3) is 0.450. The number of guanidine groups is 1. The molecular weight excluding hydrogens is 535 g/mol. The van der Waals surface area contributed by atoms with E-state index in [-0.39, 0.29) is 36.4 Å². The summed E-state index contributed by atoms with van der Waals surface area (Å²) in [6.07, 6.45) is 2.85. The van der Waals surface area contributed by atoms with Gasteiger partial charge in [0.05, 0.1) is 18.8 Å². The van der Waals surface area contributed by atoms with Crippen molar-refractivity contribution in [3.63, 3.8) is 0 Å². The number of carbonyl (C=O) groups is 1. The Morgan fingerprint density at radius 1 is 1.27 bits per heavy atom. The van der Waals surface area contributed by atoms with Crippen LogP contribution in [0.5, 0.6) is 0 Å². The molecule has 0 aliphatic heterocycles. The summed E-state index contributed by atoms with van der Waals surface area (Å²) in [5.74, 6) is 1.46. The Morgan fingerprint density at radius 2 is 1.97 bits per heavy atom. The third kappa shape index (κ3) is 9.13. The van der Waals surface area contributed by atoms with Crippen LogP contribution in [0.15, 0.2) is 40.4 Å². The van der Waals surface area contributed by atoms with E-state index in [2.05, 4.69) is 27.6 Å². The van der Waals surface area contributed by atoms with Gasteiger partial charge in [0.1, 0.15) is 0 Å². The van der Waals surface area contributed by atoms with Crippen LogP contribution in [0.25, 0.3) is 0 Å². The Balaban J connectivity index is 0.00000450. The van der Waals surface area contributed by atoms with Gasteiger partial charge in [0.15, 0.2) is 5.96 Å². The minimum atomic E-state index is -0.00864. The SMILES string of the molecule is CCc1nn(C)cc1CN=C(NCCSc1ccc(Cl)cc1)NCC(=O)N(C)C.I. The summed E-state index contributed by atoms with van der Waals surface area (Å²) in [7, 11) is 5.38. The molecule has 0 saturated heterocycles. The molecule has 2 aromatic rings. The van der Waals surface area contributed by atoms with Crippen LogP contribution in [0, 0.1) is 0 Å². The molecule has 1 aromatic carbocycles. The van der Waals surface area contributed by atoms with Gasteiger partial charge in [0.2, 0.25) is 5.91 Å². The number of halogens is 2. The third-order valence-electron chi connectivity index (χ3n) is 4.12. The number of nitrogens with one attached hydrogen (secondary N) is 2. The van der Waals surface area contributed by atoms with Gasteiger partial charge in [-0.25, -0.2) is 4.99 Å². The van der Waals surface area contributed by atoms with Crippen LogP contribution >= 0.6 is 47.3 Å². The first kappa shape index (κ1) is 26.6. The highest BCUT2D eigenvalue weighted by atomic mass is 127. The molecule has 1 heterocycles. The van der Waals surface area contributed by atoms with Crippen molar-refractivity contribution in [2.24, 2.45) is 12.0 Å². The molecule has 2 rings (SSSR count). The number of amides is 1. The highest BCUT2D eigenvalue weighted by Crippen LogP contribution is 2.19. The van der Waals surface area contributed by atoms with Gasteiger partial charge < -0.3 is 15.5 Å². The highest BCUT2D eigenvalue weighted by Gasteiger charge is 2.08. The Labute approximate surface area is 205 Å². The van der Waals surface area contributed by atoms with Gasteiger partial charge in [-0.1, -0.05) is 18.5 Å². The zero-order valence-electron chi connectivity index (χ0n) is 17.8. The van der Waals surface area contributed by atoms with Crippen molar-refractivity contribution in [1.29, 1.82) is 0 Å². The van der Waals surface area contributed by atoms with Crippen molar-refractivity contribution in [3.8, 4) is 0 Å². The molecule has 0 spiro atoms. The van der Waals surface area contributed by atoms with Crippen LogP contribution in [0.2, 0.25) is 5.02 Å². The molecule has 0 fully saturated rings. The molecule has 0 saturated carbocycles. The lowest BCUT2D eigenvalue weighted by Gasteiger charge is -2.15. The maximum Gasteiger partial charge on any atom is 0.241 e. The van der Waals surface area contributed by atoms with Gasteiger partial charge in [0, 0.05) is 55.1 Å². The summed E-state index contributed by atoms with van der Waals surface area (Å²) in [4.78, 5) is 19.3. The number of benzene rings is 1. The van der Waals surface area contributed by atoms with Crippen LogP contribution in [-0.4, -0.2) is 59.5 Å². The fourth-order valence-corrected chi connectivity index (χ4v) is 3.43. The number of aryl methyl sites for hydroxylation is 2. The number of thioether (sulfide) groups is 1. The number of likely N-dealkylation sites (N-methyl/N-ethyl adjacent to an activating group) is 1. The van der Waals surface area contributed by atoms with Gasteiger partial charge in [-0.2, -0.15) is 5.10 Å². The molecule has 0 atom stereocenters. The zero-order valence-corrected chi connectivity index (χ0v) is 21.7. The average molecular weight is 565 g/mol. The molecule has 2 N–H and O–H groups in total. The maximum atomic E-state index is 11.9. The second-order valence-corrected chi connectivity index (χ2v) is 8.27. The first-order chi connectivity index (χ1) is 13.9. The molecule has 0 aliphatic carbocycles. The quantitative estimate of drug-likeness (QED) is 0.161. The van der Waals surface area contributed by atoms with Crippen molar-refractivity contribution in [2.75, 3.05) is 32.9 Å². The number of aromatic nitrogens is 2. The van der Waals surface area contributed by atoms with E-state index < -0.39 is 0 Å². The van der Waals surface area contributed by atoms with Gasteiger partial charge in [-0.3, -0.25) is 9.48 Å². The van der Waals surface area contributed by atoms with Crippen molar-refractivity contribution in [2.45, 2.75) is 24.8 Å². The molecule has 166 valence electrons. The lowest BCUT2D eigenvalue weighted by atomic mass is 10.2. The molecule has 30 heavy (non-hydrogen) atoms. The van der Waals surface area contributed by atoms with Crippen molar-refractivity contribution >= 4 is 59.2 Å². The predicted molar refractivity (Wildman–Crippen MR) is 136 cm³/mol. The Kier molecular flexibility index (Phi) is 12.2. The summed E-state index contributed by atoms with van der Waals surface area (Å²) < 4.78 is 1.81. The minimum Gasteiger partial charge on any atom is -0.356 e. The van der Waals surface area contributed by atoms with E-state index >= 15 is 0 Å². The van der Waals surface area contributed by atoms with Crippen LogP contribution in [0.1, 0.15) is 18.2 Å².